The van der Waals surface area contributed by atoms with Crippen LogP contribution < -0.4 is 4.90 Å². The van der Waals surface area contributed by atoms with E-state index in [0.717, 1.165) is 4.90 Å². The smallest absolute Gasteiger partial charge is 0.248 e. The minimum atomic E-state index is -0.577. The highest BCUT2D eigenvalue weighted by Gasteiger charge is 2.30. The molecular formula is C21H14ClFN4O2. The number of hydrogen-bond donors (Lipinski definition) is 0. The Labute approximate surface area is 170 Å². The standard InChI is InChI=1S/C21H14ClFN4O2/c1-13(28)27(18-9-5-4-8-16(18)23)21-19(17-10-11-24-12-25-17)20(26-29-21)14-6-2-3-7-15(14)22/h2-12H,1H3. The second-order valence-electron chi connectivity index (χ2n) is 6.09. The third kappa shape index (κ3) is 3.48. The molecular weight excluding hydrogens is 395 g/mol. The Hall–Kier alpha value is -3.58. The Kier molecular flexibility index (Phi) is 5.05. The number of anilines is 2. The molecule has 29 heavy (non-hydrogen) atoms. The predicted octanol–water partition coefficient (Wildman–Crippen LogP) is 5.28. The summed E-state index contributed by atoms with van der Waals surface area (Å²) in [5, 5.41) is 4.59. The molecule has 144 valence electrons. The normalized spacial score (nSPS) is 10.7. The predicted molar refractivity (Wildman–Crippen MR) is 107 cm³/mol. The average Bonchev–Trinajstić information content (AvgIpc) is 3.15. The Bertz CT molecular complexity index is 1180. The van der Waals surface area contributed by atoms with Gasteiger partial charge in [0.05, 0.1) is 22.0 Å². The SMILES string of the molecule is CC(=O)N(c1ccccc1F)c1onc(-c2ccccc2Cl)c1-c1ccncn1. The van der Waals surface area contributed by atoms with Crippen molar-refractivity contribution in [2.45, 2.75) is 6.92 Å². The Morgan fingerprint density at radius 3 is 2.55 bits per heavy atom. The maximum Gasteiger partial charge on any atom is 0.248 e. The zero-order chi connectivity index (χ0) is 20.4. The first-order valence-corrected chi connectivity index (χ1v) is 9.02. The van der Waals surface area contributed by atoms with Gasteiger partial charge in [0, 0.05) is 18.7 Å². The van der Waals surface area contributed by atoms with Gasteiger partial charge >= 0.3 is 0 Å². The molecule has 0 bridgehead atoms. The number of halogens is 2. The highest BCUT2D eigenvalue weighted by molar-refractivity contribution is 6.33. The third-order valence-electron chi connectivity index (χ3n) is 4.25. The zero-order valence-electron chi connectivity index (χ0n) is 15.2. The molecule has 8 heteroatoms. The highest BCUT2D eigenvalue weighted by atomic mass is 35.5. The monoisotopic (exact) mass is 408 g/mol. The van der Waals surface area contributed by atoms with E-state index in [9.17, 15) is 9.18 Å². The molecule has 0 fully saturated rings. The summed E-state index contributed by atoms with van der Waals surface area (Å²) in [6, 6.07) is 14.7. The van der Waals surface area contributed by atoms with Crippen LogP contribution in [0.25, 0.3) is 22.5 Å². The van der Waals surface area contributed by atoms with Gasteiger partial charge in [-0.2, -0.15) is 0 Å². The van der Waals surface area contributed by atoms with Crippen molar-refractivity contribution in [3.05, 3.63) is 78.0 Å². The summed E-state index contributed by atoms with van der Waals surface area (Å²) in [7, 11) is 0. The molecule has 0 radical (unpaired) electrons. The number of nitrogens with zero attached hydrogens (tertiary/aromatic N) is 4. The van der Waals surface area contributed by atoms with E-state index < -0.39 is 11.7 Å². The summed E-state index contributed by atoms with van der Waals surface area (Å²) in [5.74, 6) is -0.990. The number of hydrogen-bond acceptors (Lipinski definition) is 5. The molecule has 2 aromatic heterocycles. The molecule has 4 aromatic rings. The number of aromatic nitrogens is 3. The van der Waals surface area contributed by atoms with Crippen molar-refractivity contribution in [2.24, 2.45) is 0 Å². The molecule has 0 N–H and O–H groups in total. The fourth-order valence-corrected chi connectivity index (χ4v) is 3.22. The number of benzene rings is 2. The molecule has 0 saturated heterocycles. The van der Waals surface area contributed by atoms with Crippen LogP contribution in [0.3, 0.4) is 0 Å². The summed E-state index contributed by atoms with van der Waals surface area (Å²) in [5.41, 5.74) is 1.87. The van der Waals surface area contributed by atoms with E-state index in [2.05, 4.69) is 15.1 Å². The largest absolute Gasteiger partial charge is 0.336 e. The van der Waals surface area contributed by atoms with Crippen LogP contribution >= 0.6 is 11.6 Å². The number of carbonyl (C=O) groups excluding carboxylic acids is 1. The van der Waals surface area contributed by atoms with Crippen molar-refractivity contribution in [1.82, 2.24) is 15.1 Å². The van der Waals surface area contributed by atoms with Crippen molar-refractivity contribution >= 4 is 29.1 Å². The van der Waals surface area contributed by atoms with Crippen LogP contribution in [0.15, 0.2) is 71.6 Å². The molecule has 0 unspecified atom stereocenters. The van der Waals surface area contributed by atoms with Gasteiger partial charge in [0.2, 0.25) is 11.8 Å². The minimum Gasteiger partial charge on any atom is -0.336 e. The fourth-order valence-electron chi connectivity index (χ4n) is 3.00. The van der Waals surface area contributed by atoms with Crippen molar-refractivity contribution in [1.29, 1.82) is 0 Å². The summed E-state index contributed by atoms with van der Waals surface area (Å²) in [6.45, 7) is 1.31. The molecule has 4 rings (SSSR count). The van der Waals surface area contributed by atoms with Gasteiger partial charge in [-0.05, 0) is 24.3 Å². The van der Waals surface area contributed by atoms with E-state index in [1.54, 1.807) is 42.6 Å². The van der Waals surface area contributed by atoms with Gasteiger partial charge in [0.1, 0.15) is 17.8 Å². The molecule has 0 aliphatic rings. The van der Waals surface area contributed by atoms with Crippen molar-refractivity contribution in [3.8, 4) is 22.5 Å². The van der Waals surface area contributed by atoms with Crippen molar-refractivity contribution < 1.29 is 13.7 Å². The third-order valence-corrected chi connectivity index (χ3v) is 4.58. The molecule has 0 spiro atoms. The lowest BCUT2D eigenvalue weighted by Gasteiger charge is -2.19. The number of carbonyl (C=O) groups is 1. The maximum atomic E-state index is 14.5. The first-order valence-electron chi connectivity index (χ1n) is 8.64. The van der Waals surface area contributed by atoms with Crippen LogP contribution in [0.1, 0.15) is 6.92 Å². The van der Waals surface area contributed by atoms with Crippen LogP contribution in [0.4, 0.5) is 16.0 Å². The topological polar surface area (TPSA) is 72.1 Å². The maximum absolute atomic E-state index is 14.5. The van der Waals surface area contributed by atoms with Gasteiger partial charge in [-0.25, -0.2) is 19.3 Å². The molecule has 6 nitrogen and oxygen atoms in total. The second-order valence-corrected chi connectivity index (χ2v) is 6.50. The summed E-state index contributed by atoms with van der Waals surface area (Å²) < 4.78 is 20.1. The molecule has 0 saturated carbocycles. The molecule has 0 aliphatic heterocycles. The second kappa shape index (κ2) is 7.81. The lowest BCUT2D eigenvalue weighted by atomic mass is 10.0. The lowest BCUT2D eigenvalue weighted by Crippen LogP contribution is -2.24. The minimum absolute atomic E-state index is 0.0382. The first kappa shape index (κ1) is 18.8. The van der Waals surface area contributed by atoms with Crippen LogP contribution in [-0.2, 0) is 4.79 Å². The van der Waals surface area contributed by atoms with Gasteiger partial charge in [-0.1, -0.05) is 47.1 Å². The Balaban J connectivity index is 2.00. The Morgan fingerprint density at radius 2 is 1.86 bits per heavy atom. The van der Waals surface area contributed by atoms with Crippen LogP contribution in [-0.4, -0.2) is 21.0 Å². The molecule has 2 aromatic carbocycles. The molecule has 0 atom stereocenters. The number of rotatable bonds is 4. The summed E-state index contributed by atoms with van der Waals surface area (Å²) >= 11 is 6.36. The van der Waals surface area contributed by atoms with Crippen LogP contribution in [0.2, 0.25) is 5.02 Å². The number of amides is 1. The van der Waals surface area contributed by atoms with E-state index in [1.165, 1.54) is 31.5 Å². The molecule has 2 heterocycles. The van der Waals surface area contributed by atoms with Gasteiger partial charge in [-0.3, -0.25) is 4.79 Å². The van der Waals surface area contributed by atoms with Crippen molar-refractivity contribution in [2.75, 3.05) is 4.90 Å². The van der Waals surface area contributed by atoms with Crippen LogP contribution in [0, 0.1) is 5.82 Å². The van der Waals surface area contributed by atoms with Gasteiger partial charge in [0.25, 0.3) is 0 Å². The molecule has 0 aliphatic carbocycles. The summed E-state index contributed by atoms with van der Waals surface area (Å²) in [6.07, 6.45) is 2.92. The fraction of sp³-hybridized carbons (Fsp3) is 0.0476. The van der Waals surface area contributed by atoms with E-state index in [4.69, 9.17) is 16.1 Å². The molecule has 1 amide bonds. The quantitative estimate of drug-likeness (QED) is 0.459. The van der Waals surface area contributed by atoms with Gasteiger partial charge < -0.3 is 4.52 Å². The van der Waals surface area contributed by atoms with Crippen molar-refractivity contribution in [3.63, 3.8) is 0 Å². The van der Waals surface area contributed by atoms with E-state index in [-0.39, 0.29) is 11.6 Å². The van der Waals surface area contributed by atoms with Gasteiger partial charge in [-0.15, -0.1) is 0 Å². The average molecular weight is 409 g/mol. The lowest BCUT2D eigenvalue weighted by molar-refractivity contribution is -0.116. The van der Waals surface area contributed by atoms with E-state index in [0.29, 0.717) is 27.5 Å². The van der Waals surface area contributed by atoms with E-state index in [1.807, 2.05) is 0 Å². The Morgan fingerprint density at radius 1 is 1.10 bits per heavy atom. The first-order chi connectivity index (χ1) is 14.1. The highest BCUT2D eigenvalue weighted by Crippen LogP contribution is 2.43. The summed E-state index contributed by atoms with van der Waals surface area (Å²) in [4.78, 5) is 21.8. The zero-order valence-corrected chi connectivity index (χ0v) is 16.0. The van der Waals surface area contributed by atoms with E-state index >= 15 is 0 Å². The number of para-hydroxylation sites is 1. The van der Waals surface area contributed by atoms with Gasteiger partial charge in [0.15, 0.2) is 0 Å². The van der Waals surface area contributed by atoms with Crippen LogP contribution in [0.5, 0.6) is 0 Å².